The Morgan fingerprint density at radius 3 is 2.62 bits per heavy atom. The van der Waals surface area contributed by atoms with E-state index in [4.69, 9.17) is 17.3 Å². The van der Waals surface area contributed by atoms with Crippen molar-refractivity contribution in [3.05, 3.63) is 65.3 Å². The quantitative estimate of drug-likeness (QED) is 0.740. The summed E-state index contributed by atoms with van der Waals surface area (Å²) in [7, 11) is 2.06. The van der Waals surface area contributed by atoms with Crippen LogP contribution in [0.5, 0.6) is 0 Å². The first-order valence-corrected chi connectivity index (χ1v) is 7.12. The van der Waals surface area contributed by atoms with Gasteiger partial charge in [0.25, 0.3) is 0 Å². The highest BCUT2D eigenvalue weighted by Gasteiger charge is 2.09. The molecule has 2 aromatic carbocycles. The molecule has 0 fully saturated rings. The van der Waals surface area contributed by atoms with Crippen LogP contribution in [0.1, 0.15) is 5.56 Å². The predicted octanol–water partition coefficient (Wildman–Crippen LogP) is 4.11. The van der Waals surface area contributed by atoms with E-state index in [1.165, 1.54) is 5.56 Å². The van der Waals surface area contributed by atoms with E-state index >= 15 is 0 Å². The number of benzene rings is 2. The van der Waals surface area contributed by atoms with Crippen LogP contribution in [0.3, 0.4) is 0 Å². The molecule has 3 nitrogen and oxygen atoms in total. The average molecular weight is 298 g/mol. The van der Waals surface area contributed by atoms with Gasteiger partial charge in [0.05, 0.1) is 11.2 Å². The summed E-state index contributed by atoms with van der Waals surface area (Å²) in [4.78, 5) is 6.56. The SMILES string of the molecule is CN(Cc1ccc(Cl)cc1)c1ccnc2c(N)cccc12. The lowest BCUT2D eigenvalue weighted by molar-refractivity contribution is 0.927. The third-order valence-corrected chi connectivity index (χ3v) is 3.78. The first kappa shape index (κ1) is 13.7. The smallest absolute Gasteiger partial charge is 0.0951 e. The van der Waals surface area contributed by atoms with Crippen molar-refractivity contribution in [1.29, 1.82) is 0 Å². The minimum absolute atomic E-state index is 0.703. The van der Waals surface area contributed by atoms with Crippen molar-refractivity contribution in [2.75, 3.05) is 17.7 Å². The predicted molar refractivity (Wildman–Crippen MR) is 89.7 cm³/mol. The fourth-order valence-electron chi connectivity index (χ4n) is 2.47. The molecular weight excluding hydrogens is 282 g/mol. The summed E-state index contributed by atoms with van der Waals surface area (Å²) in [6.45, 7) is 0.797. The van der Waals surface area contributed by atoms with Crippen molar-refractivity contribution in [2.45, 2.75) is 6.54 Å². The van der Waals surface area contributed by atoms with Gasteiger partial charge in [-0.15, -0.1) is 0 Å². The summed E-state index contributed by atoms with van der Waals surface area (Å²) in [6.07, 6.45) is 1.80. The molecule has 0 radical (unpaired) electrons. The standard InChI is InChI=1S/C17H16ClN3/c1-21(11-12-5-7-13(18)8-6-12)16-9-10-20-17-14(16)3-2-4-15(17)19/h2-10H,11,19H2,1H3. The second-order valence-electron chi connectivity index (χ2n) is 5.06. The summed E-state index contributed by atoms with van der Waals surface area (Å²) >= 11 is 5.92. The maximum absolute atomic E-state index is 6.00. The van der Waals surface area contributed by atoms with E-state index in [-0.39, 0.29) is 0 Å². The average Bonchev–Trinajstić information content (AvgIpc) is 2.49. The van der Waals surface area contributed by atoms with E-state index in [0.717, 1.165) is 28.2 Å². The Morgan fingerprint density at radius 2 is 1.86 bits per heavy atom. The highest BCUT2D eigenvalue weighted by molar-refractivity contribution is 6.30. The van der Waals surface area contributed by atoms with Crippen LogP contribution >= 0.6 is 11.6 Å². The van der Waals surface area contributed by atoms with Crippen LogP contribution in [0, 0.1) is 0 Å². The molecule has 0 amide bonds. The Hall–Kier alpha value is -2.26. The largest absolute Gasteiger partial charge is 0.397 e. The lowest BCUT2D eigenvalue weighted by atomic mass is 10.1. The molecule has 106 valence electrons. The molecule has 0 aliphatic rings. The molecule has 21 heavy (non-hydrogen) atoms. The van der Waals surface area contributed by atoms with Crippen LogP contribution in [0.15, 0.2) is 54.7 Å². The third-order valence-electron chi connectivity index (χ3n) is 3.52. The first-order valence-electron chi connectivity index (χ1n) is 6.74. The summed E-state index contributed by atoms with van der Waals surface area (Å²) in [5, 5.41) is 1.82. The number of aromatic nitrogens is 1. The van der Waals surface area contributed by atoms with Gasteiger partial charge in [-0.3, -0.25) is 4.98 Å². The fourth-order valence-corrected chi connectivity index (χ4v) is 2.59. The molecule has 3 aromatic rings. The normalized spacial score (nSPS) is 10.8. The van der Waals surface area contributed by atoms with Crippen LogP contribution in [0.25, 0.3) is 10.9 Å². The Balaban J connectivity index is 1.96. The Labute approximate surface area is 129 Å². The van der Waals surface area contributed by atoms with E-state index in [1.807, 2.05) is 48.5 Å². The number of hydrogen-bond acceptors (Lipinski definition) is 3. The van der Waals surface area contributed by atoms with Gasteiger partial charge in [0.15, 0.2) is 0 Å². The minimum atomic E-state index is 0.703. The molecule has 1 aromatic heterocycles. The molecular formula is C17H16ClN3. The lowest BCUT2D eigenvalue weighted by Crippen LogP contribution is -2.16. The van der Waals surface area contributed by atoms with Crippen LogP contribution in [-0.4, -0.2) is 12.0 Å². The number of halogens is 1. The van der Waals surface area contributed by atoms with Crippen LogP contribution in [0.4, 0.5) is 11.4 Å². The maximum atomic E-state index is 6.00. The second kappa shape index (κ2) is 5.62. The number of para-hydroxylation sites is 1. The zero-order chi connectivity index (χ0) is 14.8. The molecule has 4 heteroatoms. The molecule has 1 heterocycles. The van der Waals surface area contributed by atoms with Crippen LogP contribution in [-0.2, 0) is 6.54 Å². The molecule has 0 spiro atoms. The lowest BCUT2D eigenvalue weighted by Gasteiger charge is -2.21. The second-order valence-corrected chi connectivity index (χ2v) is 5.49. The molecule has 3 rings (SSSR count). The summed E-state index contributed by atoms with van der Waals surface area (Å²) in [5.74, 6) is 0. The van der Waals surface area contributed by atoms with Crippen molar-refractivity contribution < 1.29 is 0 Å². The van der Waals surface area contributed by atoms with E-state index in [1.54, 1.807) is 6.20 Å². The maximum Gasteiger partial charge on any atom is 0.0951 e. The number of nitrogens with two attached hydrogens (primary N) is 1. The van der Waals surface area contributed by atoms with Gasteiger partial charge in [0.2, 0.25) is 0 Å². The Bertz CT molecular complexity index is 769. The highest BCUT2D eigenvalue weighted by Crippen LogP contribution is 2.28. The van der Waals surface area contributed by atoms with E-state index < -0.39 is 0 Å². The Kier molecular flexibility index (Phi) is 3.67. The number of nitrogens with zero attached hydrogens (tertiary/aromatic N) is 2. The Morgan fingerprint density at radius 1 is 1.10 bits per heavy atom. The van der Waals surface area contributed by atoms with Gasteiger partial charge in [-0.2, -0.15) is 0 Å². The van der Waals surface area contributed by atoms with Crippen molar-refractivity contribution in [3.63, 3.8) is 0 Å². The minimum Gasteiger partial charge on any atom is -0.397 e. The highest BCUT2D eigenvalue weighted by atomic mass is 35.5. The molecule has 0 atom stereocenters. The van der Waals surface area contributed by atoms with Crippen molar-refractivity contribution in [2.24, 2.45) is 0 Å². The number of rotatable bonds is 3. The van der Waals surface area contributed by atoms with Gasteiger partial charge in [-0.05, 0) is 29.8 Å². The molecule has 0 saturated heterocycles. The molecule has 0 aliphatic heterocycles. The molecule has 0 aliphatic carbocycles. The van der Waals surface area contributed by atoms with E-state index in [2.05, 4.69) is 16.9 Å². The fraction of sp³-hybridized carbons (Fsp3) is 0.118. The first-order chi connectivity index (χ1) is 10.1. The number of fused-ring (bicyclic) bond motifs is 1. The van der Waals surface area contributed by atoms with E-state index in [0.29, 0.717) is 5.69 Å². The van der Waals surface area contributed by atoms with Gasteiger partial charge in [-0.1, -0.05) is 35.9 Å². The van der Waals surface area contributed by atoms with Gasteiger partial charge in [0.1, 0.15) is 0 Å². The molecule has 0 saturated carbocycles. The zero-order valence-electron chi connectivity index (χ0n) is 11.8. The topological polar surface area (TPSA) is 42.2 Å². The summed E-state index contributed by atoms with van der Waals surface area (Å²) in [6, 6.07) is 15.8. The molecule has 2 N–H and O–H groups in total. The number of anilines is 2. The number of hydrogen-bond donors (Lipinski definition) is 1. The van der Waals surface area contributed by atoms with Gasteiger partial charge >= 0.3 is 0 Å². The molecule has 0 unspecified atom stereocenters. The van der Waals surface area contributed by atoms with Crippen molar-refractivity contribution in [3.8, 4) is 0 Å². The van der Waals surface area contributed by atoms with E-state index in [9.17, 15) is 0 Å². The number of pyridine rings is 1. The van der Waals surface area contributed by atoms with Crippen LogP contribution < -0.4 is 10.6 Å². The monoisotopic (exact) mass is 297 g/mol. The number of nitrogen functional groups attached to an aromatic ring is 1. The van der Waals surface area contributed by atoms with Gasteiger partial charge < -0.3 is 10.6 Å². The third kappa shape index (κ3) is 2.78. The summed E-state index contributed by atoms with van der Waals surface area (Å²) in [5.41, 5.74) is 9.86. The summed E-state index contributed by atoms with van der Waals surface area (Å²) < 4.78 is 0. The van der Waals surface area contributed by atoms with Gasteiger partial charge in [0, 0.05) is 35.9 Å². The molecule has 0 bridgehead atoms. The van der Waals surface area contributed by atoms with Gasteiger partial charge in [-0.25, -0.2) is 0 Å². The van der Waals surface area contributed by atoms with Crippen molar-refractivity contribution in [1.82, 2.24) is 4.98 Å². The van der Waals surface area contributed by atoms with Crippen molar-refractivity contribution >= 4 is 33.9 Å². The zero-order valence-corrected chi connectivity index (χ0v) is 12.5. The van der Waals surface area contributed by atoms with Crippen LogP contribution in [0.2, 0.25) is 5.02 Å².